The third-order valence-corrected chi connectivity index (χ3v) is 4.40. The Hall–Kier alpha value is -4.08. The van der Waals surface area contributed by atoms with Gasteiger partial charge in [0.25, 0.3) is 5.91 Å². The minimum absolute atomic E-state index is 0.108. The number of carboxylic acid groups (broad SMARTS) is 1. The fraction of sp³-hybridized carbons (Fsp3) is 0.273. The van der Waals surface area contributed by atoms with Crippen LogP contribution >= 0.6 is 0 Å². The van der Waals surface area contributed by atoms with E-state index in [-0.39, 0.29) is 22.8 Å². The van der Waals surface area contributed by atoms with Crippen LogP contribution in [-0.2, 0) is 4.79 Å². The van der Waals surface area contributed by atoms with E-state index < -0.39 is 11.9 Å². The lowest BCUT2D eigenvalue weighted by Gasteiger charge is -2.15. The molecule has 2 aromatic rings. The Morgan fingerprint density at radius 3 is 1.47 bits per heavy atom. The van der Waals surface area contributed by atoms with Gasteiger partial charge in [-0.2, -0.15) is 0 Å². The number of benzene rings is 2. The van der Waals surface area contributed by atoms with Crippen LogP contribution < -0.4 is 33.7 Å². The number of carbonyl (C=O) groups is 2. The van der Waals surface area contributed by atoms with E-state index in [0.717, 1.165) is 0 Å². The van der Waals surface area contributed by atoms with Gasteiger partial charge in [-0.15, -0.1) is 0 Å². The molecule has 172 valence electrons. The second kappa shape index (κ2) is 10.8. The number of hydrogen-bond donors (Lipinski definition) is 2. The van der Waals surface area contributed by atoms with E-state index >= 15 is 0 Å². The molecular weight excluding hydrogens is 422 g/mol. The Labute approximate surface area is 185 Å². The van der Waals surface area contributed by atoms with Crippen LogP contribution in [0.5, 0.6) is 34.5 Å². The second-order valence-corrected chi connectivity index (χ2v) is 6.19. The molecule has 0 unspecified atom stereocenters. The van der Waals surface area contributed by atoms with Crippen molar-refractivity contribution >= 4 is 18.0 Å². The summed E-state index contributed by atoms with van der Waals surface area (Å²) in [4.78, 5) is 24.6. The molecule has 10 nitrogen and oxygen atoms in total. The van der Waals surface area contributed by atoms with Crippen molar-refractivity contribution in [2.75, 3.05) is 42.7 Å². The van der Waals surface area contributed by atoms with Crippen LogP contribution in [0.4, 0.5) is 0 Å². The lowest BCUT2D eigenvalue weighted by molar-refractivity contribution is -0.132. The third-order valence-electron chi connectivity index (χ3n) is 4.40. The quantitative estimate of drug-likeness (QED) is 0.529. The van der Waals surface area contributed by atoms with Gasteiger partial charge in [0.15, 0.2) is 23.0 Å². The van der Waals surface area contributed by atoms with Gasteiger partial charge in [-0.05, 0) is 35.9 Å². The van der Waals surface area contributed by atoms with E-state index in [1.165, 1.54) is 60.9 Å². The average Bonchev–Trinajstić information content (AvgIpc) is 2.81. The van der Waals surface area contributed by atoms with Gasteiger partial charge in [-0.1, -0.05) is 0 Å². The molecule has 2 aromatic carbocycles. The predicted molar refractivity (Wildman–Crippen MR) is 115 cm³/mol. The Balaban J connectivity index is 2.46. The number of carboxylic acids is 1. The lowest BCUT2D eigenvalue weighted by Crippen LogP contribution is -2.27. The Bertz CT molecular complexity index is 980. The van der Waals surface area contributed by atoms with Gasteiger partial charge in [-0.25, -0.2) is 4.79 Å². The zero-order valence-corrected chi connectivity index (χ0v) is 18.6. The summed E-state index contributed by atoms with van der Waals surface area (Å²) in [5.41, 5.74) is 0.136. The monoisotopic (exact) mass is 447 g/mol. The molecule has 0 aromatic heterocycles. The molecule has 0 radical (unpaired) electrons. The van der Waals surface area contributed by atoms with Crippen LogP contribution in [0, 0.1) is 0 Å². The van der Waals surface area contributed by atoms with Crippen LogP contribution in [0.3, 0.4) is 0 Å². The number of amides is 1. The number of ether oxygens (including phenoxy) is 6. The first kappa shape index (κ1) is 24.2. The van der Waals surface area contributed by atoms with Crippen molar-refractivity contribution in [1.29, 1.82) is 0 Å². The number of methoxy groups -OCH3 is 6. The molecule has 0 bridgehead atoms. The van der Waals surface area contributed by atoms with Crippen LogP contribution in [0.1, 0.15) is 15.9 Å². The van der Waals surface area contributed by atoms with Gasteiger partial charge >= 0.3 is 5.97 Å². The van der Waals surface area contributed by atoms with Gasteiger partial charge in [0.05, 0.1) is 42.7 Å². The van der Waals surface area contributed by atoms with Gasteiger partial charge in [0.1, 0.15) is 5.70 Å². The topological polar surface area (TPSA) is 122 Å². The Morgan fingerprint density at radius 1 is 0.719 bits per heavy atom. The molecule has 0 saturated heterocycles. The first-order valence-corrected chi connectivity index (χ1v) is 9.19. The van der Waals surface area contributed by atoms with Crippen molar-refractivity contribution < 1.29 is 43.1 Å². The van der Waals surface area contributed by atoms with E-state index in [4.69, 9.17) is 28.4 Å². The highest BCUT2D eigenvalue weighted by Gasteiger charge is 2.20. The molecule has 0 aliphatic rings. The summed E-state index contributed by atoms with van der Waals surface area (Å²) in [6, 6.07) is 5.93. The number of aliphatic carboxylic acids is 1. The van der Waals surface area contributed by atoms with E-state index in [9.17, 15) is 14.7 Å². The molecular formula is C22H25NO9. The molecule has 0 atom stereocenters. The van der Waals surface area contributed by atoms with Gasteiger partial charge in [0, 0.05) is 5.56 Å². The molecule has 10 heteroatoms. The summed E-state index contributed by atoms with van der Waals surface area (Å²) in [6.07, 6.45) is 1.27. The molecule has 2 N–H and O–H groups in total. The molecule has 2 rings (SSSR count). The first-order chi connectivity index (χ1) is 15.3. The highest BCUT2D eigenvalue weighted by Crippen LogP contribution is 2.39. The minimum Gasteiger partial charge on any atom is -0.493 e. The standard InChI is InChI=1S/C22H25NO9/c1-27-15-8-12(9-16(28-2)19(15)31-5)7-14(22(25)26)23-21(24)13-10-17(29-3)20(32-6)18(11-13)30-4/h7-11H,1-6H3,(H,23,24)(H,25,26)/b14-7-. The van der Waals surface area contributed by atoms with E-state index in [1.54, 1.807) is 12.1 Å². The van der Waals surface area contributed by atoms with Crippen LogP contribution in [0.25, 0.3) is 6.08 Å². The molecule has 0 aliphatic heterocycles. The van der Waals surface area contributed by atoms with Crippen LogP contribution in [0.2, 0.25) is 0 Å². The van der Waals surface area contributed by atoms with E-state index in [1.807, 2.05) is 0 Å². The summed E-state index contributed by atoms with van der Waals surface area (Å²) in [5, 5.41) is 12.0. The fourth-order valence-corrected chi connectivity index (χ4v) is 2.91. The van der Waals surface area contributed by atoms with Gasteiger partial charge in [-0.3, -0.25) is 4.79 Å². The Morgan fingerprint density at radius 2 is 1.12 bits per heavy atom. The number of nitrogens with one attached hydrogen (secondary N) is 1. The fourth-order valence-electron chi connectivity index (χ4n) is 2.91. The molecule has 32 heavy (non-hydrogen) atoms. The summed E-state index contributed by atoms with van der Waals surface area (Å²) < 4.78 is 31.5. The zero-order valence-electron chi connectivity index (χ0n) is 18.6. The maximum absolute atomic E-state index is 12.8. The smallest absolute Gasteiger partial charge is 0.352 e. The maximum atomic E-state index is 12.8. The molecule has 0 aliphatic carbocycles. The summed E-state index contributed by atoms with van der Waals surface area (Å²) in [7, 11) is 8.58. The third kappa shape index (κ3) is 5.15. The van der Waals surface area contributed by atoms with Crippen molar-refractivity contribution in [2.45, 2.75) is 0 Å². The van der Waals surface area contributed by atoms with Crippen molar-refractivity contribution in [3.63, 3.8) is 0 Å². The SMILES string of the molecule is COc1cc(/C=C(\NC(=O)c2cc(OC)c(OC)c(OC)c2)C(=O)O)cc(OC)c1OC. The molecule has 0 heterocycles. The van der Waals surface area contributed by atoms with Crippen LogP contribution in [0.15, 0.2) is 30.0 Å². The molecule has 0 spiro atoms. The van der Waals surface area contributed by atoms with Crippen molar-refractivity contribution in [3.05, 3.63) is 41.1 Å². The average molecular weight is 447 g/mol. The predicted octanol–water partition coefficient (Wildman–Crippen LogP) is 2.59. The first-order valence-electron chi connectivity index (χ1n) is 9.19. The lowest BCUT2D eigenvalue weighted by atomic mass is 10.1. The van der Waals surface area contributed by atoms with E-state index in [0.29, 0.717) is 28.6 Å². The number of hydrogen-bond acceptors (Lipinski definition) is 8. The van der Waals surface area contributed by atoms with E-state index in [2.05, 4.69) is 5.32 Å². The molecule has 0 fully saturated rings. The number of rotatable bonds is 10. The second-order valence-electron chi connectivity index (χ2n) is 6.19. The normalized spacial score (nSPS) is 10.8. The maximum Gasteiger partial charge on any atom is 0.352 e. The molecule has 1 amide bonds. The van der Waals surface area contributed by atoms with Crippen molar-refractivity contribution in [3.8, 4) is 34.5 Å². The summed E-state index contributed by atoms with van der Waals surface area (Å²) in [5.74, 6) is -0.212. The highest BCUT2D eigenvalue weighted by molar-refractivity contribution is 6.03. The highest BCUT2D eigenvalue weighted by atomic mass is 16.5. The zero-order chi connectivity index (χ0) is 23.8. The Kier molecular flexibility index (Phi) is 8.17. The van der Waals surface area contributed by atoms with Gasteiger partial charge in [0.2, 0.25) is 11.5 Å². The van der Waals surface area contributed by atoms with Crippen LogP contribution in [-0.4, -0.2) is 59.6 Å². The van der Waals surface area contributed by atoms with Crippen molar-refractivity contribution in [1.82, 2.24) is 5.32 Å². The van der Waals surface area contributed by atoms with Crippen molar-refractivity contribution in [2.24, 2.45) is 0 Å². The minimum atomic E-state index is -1.35. The largest absolute Gasteiger partial charge is 0.493 e. The number of carbonyl (C=O) groups excluding carboxylic acids is 1. The van der Waals surface area contributed by atoms with Gasteiger partial charge < -0.3 is 38.8 Å². The summed E-state index contributed by atoms with van der Waals surface area (Å²) >= 11 is 0. The summed E-state index contributed by atoms with van der Waals surface area (Å²) in [6.45, 7) is 0. The molecule has 0 saturated carbocycles.